The van der Waals surface area contributed by atoms with Crippen LogP contribution < -0.4 is 4.31 Å². The van der Waals surface area contributed by atoms with E-state index in [1.165, 1.54) is 28.6 Å². The van der Waals surface area contributed by atoms with Crippen LogP contribution in [0.4, 0.5) is 5.69 Å². The van der Waals surface area contributed by atoms with Crippen molar-refractivity contribution in [3.05, 3.63) is 132 Å². The van der Waals surface area contributed by atoms with Crippen LogP contribution in [0.25, 0.3) is 10.9 Å². The third-order valence-electron chi connectivity index (χ3n) is 7.17. The summed E-state index contributed by atoms with van der Waals surface area (Å²) in [5, 5.41) is 0.735. The van der Waals surface area contributed by atoms with E-state index >= 15 is 0 Å². The first-order valence-electron chi connectivity index (χ1n) is 13.0. The lowest BCUT2D eigenvalue weighted by atomic mass is 9.99. The van der Waals surface area contributed by atoms with E-state index in [1.807, 2.05) is 54.6 Å². The number of rotatable bonds is 7. The van der Waals surface area contributed by atoms with E-state index in [9.17, 15) is 18.0 Å². The molecule has 4 aromatic carbocycles. The average Bonchev–Trinajstić information content (AvgIpc) is 3.44. The number of nitrogens with zero attached hydrogens (tertiary/aromatic N) is 1. The monoisotopic (exact) mass is 550 g/mol. The predicted molar refractivity (Wildman–Crippen MR) is 153 cm³/mol. The van der Waals surface area contributed by atoms with Gasteiger partial charge in [0.25, 0.3) is 10.0 Å². The van der Waals surface area contributed by atoms with Gasteiger partial charge < -0.3 is 9.72 Å². The van der Waals surface area contributed by atoms with Crippen molar-refractivity contribution in [1.82, 2.24) is 4.98 Å². The van der Waals surface area contributed by atoms with Crippen molar-refractivity contribution in [2.45, 2.75) is 23.8 Å². The third-order valence-corrected chi connectivity index (χ3v) is 8.99. The number of H-pyrrole nitrogens is 1. The fourth-order valence-corrected chi connectivity index (χ4v) is 6.67. The number of Topliss-reactive ketones (excluding diaryl/α,β-unsaturated/α-hetero) is 1. The maximum Gasteiger partial charge on any atom is 0.339 e. The number of carbonyl (C=O) groups excluding carboxylic acids is 2. The number of ketones is 1. The molecule has 40 heavy (non-hydrogen) atoms. The van der Waals surface area contributed by atoms with Gasteiger partial charge in [0.1, 0.15) is 0 Å². The normalized spacial score (nSPS) is 13.9. The van der Waals surface area contributed by atoms with Gasteiger partial charge in [0.05, 0.1) is 16.1 Å². The summed E-state index contributed by atoms with van der Waals surface area (Å²) >= 11 is 0. The topological polar surface area (TPSA) is 96.5 Å². The second-order valence-electron chi connectivity index (χ2n) is 9.64. The number of hydrogen-bond acceptors (Lipinski definition) is 5. The first kappa shape index (κ1) is 25.6. The SMILES string of the molecule is O=C(OC(C(=O)c1c[nH]c2ccccc12)c1ccccc1)c1ccc(S(=O)(=O)N2CCCc3ccccc32)cc1. The molecule has 1 N–H and O–H groups in total. The molecular formula is C32H26N2O5S. The molecule has 1 aliphatic rings. The maximum atomic E-state index is 13.7. The van der Waals surface area contributed by atoms with E-state index in [2.05, 4.69) is 4.98 Å². The minimum Gasteiger partial charge on any atom is -0.445 e. The Morgan fingerprint density at radius 2 is 1.52 bits per heavy atom. The van der Waals surface area contributed by atoms with Gasteiger partial charge in [-0.25, -0.2) is 13.2 Å². The molecule has 1 aliphatic heterocycles. The van der Waals surface area contributed by atoms with Crippen molar-refractivity contribution in [1.29, 1.82) is 0 Å². The Labute approximate surface area is 232 Å². The summed E-state index contributed by atoms with van der Waals surface area (Å²) in [6.07, 6.45) is 2.00. The lowest BCUT2D eigenvalue weighted by molar-refractivity contribution is 0.0280. The Morgan fingerprint density at radius 3 is 2.33 bits per heavy atom. The maximum absolute atomic E-state index is 13.7. The van der Waals surface area contributed by atoms with Crippen LogP contribution in [0, 0.1) is 0 Å². The molecule has 1 aromatic heterocycles. The highest BCUT2D eigenvalue weighted by atomic mass is 32.2. The number of fused-ring (bicyclic) bond motifs is 2. The number of para-hydroxylation sites is 2. The first-order chi connectivity index (χ1) is 19.4. The zero-order valence-electron chi connectivity index (χ0n) is 21.5. The number of anilines is 1. The number of benzene rings is 4. The minimum absolute atomic E-state index is 0.0789. The van der Waals surface area contributed by atoms with Crippen LogP contribution in [-0.2, 0) is 21.2 Å². The van der Waals surface area contributed by atoms with Gasteiger partial charge in [-0.15, -0.1) is 0 Å². The minimum atomic E-state index is -3.82. The molecule has 8 heteroatoms. The molecule has 0 saturated carbocycles. The van der Waals surface area contributed by atoms with Crippen LogP contribution in [-0.4, -0.2) is 31.7 Å². The molecule has 0 bridgehead atoms. The van der Waals surface area contributed by atoms with E-state index < -0.39 is 22.1 Å². The number of aromatic nitrogens is 1. The number of aromatic amines is 1. The van der Waals surface area contributed by atoms with Crippen molar-refractivity contribution >= 4 is 38.4 Å². The molecule has 0 amide bonds. The lowest BCUT2D eigenvalue weighted by Crippen LogP contribution is -2.35. The highest BCUT2D eigenvalue weighted by Crippen LogP contribution is 2.32. The molecule has 0 fully saturated rings. The summed E-state index contributed by atoms with van der Waals surface area (Å²) in [5.74, 6) is -1.09. The van der Waals surface area contributed by atoms with Crippen LogP contribution in [0.3, 0.4) is 0 Å². The Kier molecular flexibility index (Phi) is 6.69. The zero-order valence-corrected chi connectivity index (χ0v) is 22.3. The van der Waals surface area contributed by atoms with Gasteiger partial charge in [0, 0.05) is 34.8 Å². The number of hydrogen-bond donors (Lipinski definition) is 1. The second-order valence-corrected chi connectivity index (χ2v) is 11.5. The van der Waals surface area contributed by atoms with Crippen LogP contribution >= 0.6 is 0 Å². The summed E-state index contributed by atoms with van der Waals surface area (Å²) in [7, 11) is -3.82. The van der Waals surface area contributed by atoms with E-state index in [-0.39, 0.29) is 16.2 Å². The van der Waals surface area contributed by atoms with Crippen molar-refractivity contribution in [3.63, 3.8) is 0 Å². The van der Waals surface area contributed by atoms with Gasteiger partial charge in [0.15, 0.2) is 6.10 Å². The largest absolute Gasteiger partial charge is 0.445 e. The molecule has 200 valence electrons. The summed E-state index contributed by atoms with van der Waals surface area (Å²) in [6.45, 7) is 0.387. The van der Waals surface area contributed by atoms with Crippen LogP contribution in [0.5, 0.6) is 0 Å². The van der Waals surface area contributed by atoms with E-state index in [1.54, 1.807) is 30.5 Å². The number of esters is 1. The van der Waals surface area contributed by atoms with Gasteiger partial charge in [-0.2, -0.15) is 0 Å². The highest BCUT2D eigenvalue weighted by molar-refractivity contribution is 7.92. The standard InChI is InChI=1S/C32H26N2O5S/c35-30(27-21-33-28-14-6-5-13-26(27)28)31(23-10-2-1-3-11-23)39-32(36)24-16-18-25(19-17-24)40(37,38)34-20-8-12-22-9-4-7-15-29(22)34/h1-7,9-11,13-19,21,31,33H,8,12,20H2. The summed E-state index contributed by atoms with van der Waals surface area (Å²) in [6, 6.07) is 29.4. The Balaban J connectivity index is 1.27. The molecular weight excluding hydrogens is 524 g/mol. The van der Waals surface area contributed by atoms with Gasteiger partial charge in [-0.05, 0) is 54.8 Å². The molecule has 5 aromatic rings. The Bertz CT molecular complexity index is 1810. The second kappa shape index (κ2) is 10.5. The summed E-state index contributed by atoms with van der Waals surface area (Å²) in [4.78, 5) is 30.1. The van der Waals surface area contributed by atoms with Crippen molar-refractivity contribution in [3.8, 4) is 0 Å². The summed E-state index contributed by atoms with van der Waals surface area (Å²) in [5.41, 5.74) is 3.57. The smallest absolute Gasteiger partial charge is 0.339 e. The van der Waals surface area contributed by atoms with Gasteiger partial charge in [0.2, 0.25) is 5.78 Å². The fraction of sp³-hybridized carbons (Fsp3) is 0.125. The van der Waals surface area contributed by atoms with Crippen molar-refractivity contribution in [2.75, 3.05) is 10.8 Å². The molecule has 0 radical (unpaired) electrons. The summed E-state index contributed by atoms with van der Waals surface area (Å²) < 4.78 is 34.2. The van der Waals surface area contributed by atoms with E-state index in [4.69, 9.17) is 4.74 Å². The highest BCUT2D eigenvalue weighted by Gasteiger charge is 2.31. The zero-order chi connectivity index (χ0) is 27.7. The Morgan fingerprint density at radius 1 is 0.825 bits per heavy atom. The van der Waals surface area contributed by atoms with Gasteiger partial charge >= 0.3 is 5.97 Å². The molecule has 1 atom stereocenters. The average molecular weight is 551 g/mol. The predicted octanol–water partition coefficient (Wildman–Crippen LogP) is 6.09. The molecule has 7 nitrogen and oxygen atoms in total. The van der Waals surface area contributed by atoms with Crippen LogP contribution in [0.2, 0.25) is 0 Å². The molecule has 0 saturated heterocycles. The van der Waals surface area contributed by atoms with Crippen molar-refractivity contribution < 1.29 is 22.7 Å². The number of ether oxygens (including phenoxy) is 1. The first-order valence-corrected chi connectivity index (χ1v) is 14.4. The van der Waals surface area contributed by atoms with Crippen LogP contribution in [0.1, 0.15) is 44.4 Å². The number of nitrogens with one attached hydrogen (secondary N) is 1. The molecule has 0 spiro atoms. The number of aryl methyl sites for hydroxylation is 1. The van der Waals surface area contributed by atoms with Crippen molar-refractivity contribution in [2.24, 2.45) is 0 Å². The third kappa shape index (κ3) is 4.67. The fourth-order valence-electron chi connectivity index (χ4n) is 5.13. The number of carbonyl (C=O) groups is 2. The molecule has 2 heterocycles. The molecule has 1 unspecified atom stereocenters. The van der Waals surface area contributed by atoms with E-state index in [0.717, 1.165) is 29.3 Å². The number of sulfonamides is 1. The quantitative estimate of drug-likeness (QED) is 0.195. The van der Waals surface area contributed by atoms with Gasteiger partial charge in [-0.3, -0.25) is 9.10 Å². The lowest BCUT2D eigenvalue weighted by Gasteiger charge is -2.30. The Hall–Kier alpha value is -4.69. The van der Waals surface area contributed by atoms with E-state index in [0.29, 0.717) is 23.4 Å². The van der Waals surface area contributed by atoms with Gasteiger partial charge in [-0.1, -0.05) is 66.7 Å². The molecule has 6 rings (SSSR count). The van der Waals surface area contributed by atoms with Crippen LogP contribution in [0.15, 0.2) is 114 Å². The molecule has 0 aliphatic carbocycles.